The summed E-state index contributed by atoms with van der Waals surface area (Å²) in [7, 11) is 0. The first-order chi connectivity index (χ1) is 58.3. The fourth-order valence-electron chi connectivity index (χ4n) is 4.59. The third-order valence-corrected chi connectivity index (χ3v) is 25.4. The van der Waals surface area contributed by atoms with Gasteiger partial charge in [-0.25, -0.2) is 0 Å². The summed E-state index contributed by atoms with van der Waals surface area (Å²) < 4.78 is 0. The summed E-state index contributed by atoms with van der Waals surface area (Å²) in [4.78, 5) is 0. The number of hydrogen-bond donors (Lipinski definition) is 14. The highest BCUT2D eigenvalue weighted by molar-refractivity contribution is 8.03. The maximum atomic E-state index is 4.05. The molecule has 0 unspecified atom stereocenters. The van der Waals surface area contributed by atoms with Crippen LogP contribution in [0.2, 0.25) is 0 Å². The molecule has 0 atom stereocenters. The van der Waals surface area contributed by atoms with Gasteiger partial charge in [0.1, 0.15) is 0 Å². The lowest BCUT2D eigenvalue weighted by Crippen LogP contribution is -1.77. The Morgan fingerprint density at radius 1 is 0.250 bits per heavy atom. The van der Waals surface area contributed by atoms with E-state index < -0.39 is 0 Å². The van der Waals surface area contributed by atoms with Gasteiger partial charge in [0.25, 0.3) is 0 Å². The van der Waals surface area contributed by atoms with Gasteiger partial charge in [0.05, 0.1) is 5.75 Å². The minimum Gasteiger partial charge on any atom is -0.179 e. The van der Waals surface area contributed by atoms with Crippen molar-refractivity contribution in [2.75, 3.05) is 223 Å². The van der Waals surface area contributed by atoms with Crippen LogP contribution in [0.4, 0.5) is 0 Å². The van der Waals surface area contributed by atoms with E-state index in [0.29, 0.717) is 0 Å². The van der Waals surface area contributed by atoms with E-state index in [4.69, 9.17) is 0 Å². The van der Waals surface area contributed by atoms with E-state index in [1.165, 1.54) is 195 Å². The molecule has 0 bridgehead atoms. The van der Waals surface area contributed by atoms with Crippen molar-refractivity contribution in [1.29, 1.82) is 0 Å². The molecular weight excluding hydrogens is 2000 g/mol. The standard InChI is InChI=1S/2C5H12S.C5H10S.C5H8S.2C5H12S.C5H10S.2C5H12S.2C5H10S.C5H8S.3C4H10S2.C4H8S2.3C4H10S2.C4H8S2/c4*1-3-4-5-6-2;3*1-3-5-6-4-2;5*1-2-3-4-5-6;1-5-3-4-6-2;3*1-6-4-2-3-5;2*1-2-6-4-3-5;2*5-3-1-2-4-6/h2*3-5H2,1-2H3;3-4H,5H2,1-2H3;5H2,1-2H3;2*3-5H2,1-2H3;3,5H,4H2,1-2H3;2*6H,2-5H2,1H3;4-6H,2-3H2,1H3;2-3,6H,4-5H2,1H3;6H,4-5H2,1H3;3-4H2,1-2H3;2*5H,2-4H2,1H3;2-3,5H,4H2,1H3;2*5H,2-4H2,1H3;5-6H,1-4H2;1,3,5-6H,2,4H2/b;;4-3-;;;;5-3-;;;5-4-;3-2-;;;;;3-2-;;;;3-1-. The Hall–Kier alpha value is 7.36. The average Bonchev–Trinajstić information content (AvgIpc) is 3.79. The summed E-state index contributed by atoms with van der Waals surface area (Å²) in [6, 6.07) is 0. The van der Waals surface area contributed by atoms with Crippen LogP contribution < -0.4 is 0 Å². The van der Waals surface area contributed by atoms with E-state index in [1.807, 2.05) is 212 Å². The lowest BCUT2D eigenvalue weighted by Gasteiger charge is -1.87. The van der Waals surface area contributed by atoms with Crippen molar-refractivity contribution in [2.24, 2.45) is 0 Å². The Balaban J connectivity index is -0.0000000487. The molecule has 0 heterocycles. The third kappa shape index (κ3) is 427. The van der Waals surface area contributed by atoms with Crippen molar-refractivity contribution >= 4 is 341 Å². The summed E-state index contributed by atoms with van der Waals surface area (Å²) in [5.41, 5.74) is 0. The second kappa shape index (κ2) is 260. The zero-order chi connectivity index (χ0) is 96.6. The molecule has 0 radical (unpaired) electrons. The van der Waals surface area contributed by atoms with Crippen molar-refractivity contribution < 1.29 is 0 Å². The van der Waals surface area contributed by atoms with Crippen molar-refractivity contribution in [3.63, 3.8) is 0 Å². The van der Waals surface area contributed by atoms with Crippen LogP contribution in [0.15, 0.2) is 70.2 Å². The van der Waals surface area contributed by atoms with Crippen LogP contribution in [0.3, 0.4) is 0 Å². The second-order valence-electron chi connectivity index (χ2n) is 21.8. The highest BCUT2D eigenvalue weighted by atomic mass is 32.2. The quantitative estimate of drug-likeness (QED) is 0.0121. The molecule has 0 aromatic heterocycles. The Labute approximate surface area is 899 Å². The molecule has 0 saturated heterocycles. The molecule has 0 rings (SSSR count). The third-order valence-electron chi connectivity index (χ3n) is 10.5. The minimum absolute atomic E-state index is 0.876. The maximum Gasteiger partial charge on any atom is 0.0544 e. The van der Waals surface area contributed by atoms with Gasteiger partial charge in [0.15, 0.2) is 0 Å². The monoisotopic (exact) mass is 2200 g/mol. The molecule has 740 valence electrons. The minimum atomic E-state index is 0.876. The van der Waals surface area contributed by atoms with Crippen LogP contribution in [-0.4, -0.2) is 223 Å². The summed E-state index contributed by atoms with van der Waals surface area (Å²) in [5.74, 6) is 44.4. The lowest BCUT2D eigenvalue weighted by atomic mass is 10.3. The van der Waals surface area contributed by atoms with Gasteiger partial charge >= 0.3 is 0 Å². The number of rotatable bonds is 50. The smallest absolute Gasteiger partial charge is 0.0544 e. The summed E-state index contributed by atoms with van der Waals surface area (Å²) in [6.07, 6.45) is 61.6. The zero-order valence-corrected chi connectivity index (χ0v) is 106. The molecule has 0 amide bonds. The Morgan fingerprint density at radius 3 is 0.692 bits per heavy atom. The fraction of sp³-hybridized carbons (Fsp3) is 0.826. The fourth-order valence-corrected chi connectivity index (χ4v) is 14.6. The van der Waals surface area contributed by atoms with Gasteiger partial charge < -0.3 is 0 Å². The Bertz CT molecular complexity index is 1220. The summed E-state index contributed by atoms with van der Waals surface area (Å²) >= 11 is 82.3. The lowest BCUT2D eigenvalue weighted by molar-refractivity contribution is 0.780. The average molecular weight is 2210 g/mol. The summed E-state index contributed by atoms with van der Waals surface area (Å²) in [5, 5.41) is 7.37. The highest BCUT2D eigenvalue weighted by Gasteiger charge is 1.83. The van der Waals surface area contributed by atoms with Crippen LogP contribution in [-0.2, 0) is 0 Å². The maximum absolute atomic E-state index is 4.05. The molecule has 0 spiro atoms. The van der Waals surface area contributed by atoms with Crippen LogP contribution in [0.5, 0.6) is 0 Å². The highest BCUT2D eigenvalue weighted by Crippen LogP contribution is 2.04. The molecule has 0 aliphatic rings. The van der Waals surface area contributed by atoms with E-state index in [0.717, 1.165) is 106 Å². The van der Waals surface area contributed by atoms with Gasteiger partial charge in [-0.3, -0.25) is 0 Å². The number of unbranched alkanes of at least 4 members (excludes halogenated alkanes) is 8. The number of thiol groups is 14. The van der Waals surface area contributed by atoms with E-state index in [2.05, 4.69) is 357 Å². The molecule has 0 aromatic rings. The van der Waals surface area contributed by atoms with Gasteiger partial charge in [-0.2, -0.15) is 330 Å². The number of hydrogen-bond acceptors (Lipinski definition) is 28. The molecule has 0 aromatic carbocycles. The second-order valence-corrected chi connectivity index (χ2v) is 42.9. The van der Waals surface area contributed by atoms with Crippen molar-refractivity contribution in [1.82, 2.24) is 0 Å². The Morgan fingerprint density at radius 2 is 0.567 bits per heavy atom. The van der Waals surface area contributed by atoms with Gasteiger partial charge in [-0.05, 0) is 317 Å². The molecule has 0 aliphatic carbocycles. The normalized spacial score (nSPS) is 9.13. The van der Waals surface area contributed by atoms with E-state index in [-0.39, 0.29) is 0 Å². The molecular formula is C92H204S28. The van der Waals surface area contributed by atoms with Gasteiger partial charge in [0.2, 0.25) is 0 Å². The first-order valence-electron chi connectivity index (χ1n) is 42.8. The Kier molecular flexibility index (Phi) is 383. The largest absolute Gasteiger partial charge is 0.179 e. The molecule has 0 N–H and O–H groups in total. The van der Waals surface area contributed by atoms with E-state index in [1.54, 1.807) is 39.7 Å². The van der Waals surface area contributed by atoms with Crippen molar-refractivity contribution in [3.8, 4) is 23.7 Å². The molecule has 0 aliphatic heterocycles. The van der Waals surface area contributed by atoms with Crippen LogP contribution in [0, 0.1) is 23.7 Å². The van der Waals surface area contributed by atoms with Gasteiger partial charge in [0, 0.05) is 46.7 Å². The molecule has 0 nitrogen and oxygen atoms in total. The predicted octanol–water partition coefficient (Wildman–Crippen LogP) is 37.4. The van der Waals surface area contributed by atoms with Crippen molar-refractivity contribution in [3.05, 3.63) is 70.2 Å². The zero-order valence-electron chi connectivity index (χ0n) is 82.3. The van der Waals surface area contributed by atoms with Gasteiger partial charge in [-0.1, -0.05) is 183 Å². The molecule has 28 heteroatoms. The van der Waals surface area contributed by atoms with Crippen molar-refractivity contribution in [2.45, 2.75) is 253 Å². The number of allylic oxidation sites excluding steroid dienone is 6. The predicted molar refractivity (Wildman–Crippen MR) is 690 cm³/mol. The van der Waals surface area contributed by atoms with Gasteiger partial charge in [-0.15, -0.1) is 29.5 Å². The number of thioether (sulfide) groups is 14. The van der Waals surface area contributed by atoms with Crippen LogP contribution in [0.1, 0.15) is 253 Å². The molecule has 0 saturated carbocycles. The topological polar surface area (TPSA) is 0 Å². The first kappa shape index (κ1) is 176. The van der Waals surface area contributed by atoms with E-state index in [9.17, 15) is 0 Å². The van der Waals surface area contributed by atoms with Crippen LogP contribution >= 0.6 is 341 Å². The summed E-state index contributed by atoms with van der Waals surface area (Å²) in [6.45, 7) is 36.0. The molecule has 120 heavy (non-hydrogen) atoms. The van der Waals surface area contributed by atoms with Crippen LogP contribution in [0.25, 0.3) is 0 Å². The molecule has 0 fully saturated rings. The first-order valence-corrected chi connectivity index (χ1v) is 69.5. The van der Waals surface area contributed by atoms with E-state index >= 15 is 0 Å². The SMILES string of the molecule is C/C=C\CCS.C/C=C\CSC.C/C=C\SCC.CC#CCCS.CC#CCSC.CCC/C=C\S.CCCCCS.CCCCCS.CCCCSC.CCCCSC.CCCSCC.CCCSCC.CCSCCS.CCSCCS.CSC/C=C\S.CSCCCS.CSCCCS.CSCCSC.S/C=C\CCS.SCCCCS.